The van der Waals surface area contributed by atoms with Gasteiger partial charge in [-0.2, -0.15) is 0 Å². The van der Waals surface area contributed by atoms with Crippen LogP contribution in [0.3, 0.4) is 0 Å². The summed E-state index contributed by atoms with van der Waals surface area (Å²) >= 11 is 0. The lowest BCUT2D eigenvalue weighted by atomic mass is 9.84. The van der Waals surface area contributed by atoms with Crippen LogP contribution in [-0.2, 0) is 24.3 Å². The Morgan fingerprint density at radius 2 is 2.00 bits per heavy atom. The summed E-state index contributed by atoms with van der Waals surface area (Å²) in [6.45, 7) is -0.281. The smallest absolute Gasteiger partial charge is 0.308 e. The number of sulfonamides is 1. The van der Waals surface area contributed by atoms with Crippen molar-refractivity contribution in [3.63, 3.8) is 0 Å². The number of carbonyl (C=O) groups is 1. The molecule has 0 saturated carbocycles. The number of hydrogen-bond donors (Lipinski definition) is 2. The summed E-state index contributed by atoms with van der Waals surface area (Å²) in [5.74, 6) is -0.564. The lowest BCUT2D eigenvalue weighted by Crippen LogP contribution is -2.46. The molecule has 0 amide bonds. The van der Waals surface area contributed by atoms with Crippen molar-refractivity contribution in [2.24, 2.45) is 0 Å². The third-order valence-electron chi connectivity index (χ3n) is 5.50. The predicted octanol–water partition coefficient (Wildman–Crippen LogP) is 2.18. The Bertz CT molecular complexity index is 1070. The number of anilines is 1. The molecule has 2 aliphatic heterocycles. The second kappa shape index (κ2) is 8.45. The summed E-state index contributed by atoms with van der Waals surface area (Å²) in [6.07, 6.45) is -1.03. The highest BCUT2D eigenvalue weighted by Gasteiger charge is 2.46. The van der Waals surface area contributed by atoms with Crippen LogP contribution < -0.4 is 9.46 Å². The van der Waals surface area contributed by atoms with Gasteiger partial charge in [-0.25, -0.2) is 12.8 Å². The van der Waals surface area contributed by atoms with Crippen molar-refractivity contribution in [3.8, 4) is 5.75 Å². The fourth-order valence-electron chi connectivity index (χ4n) is 4.05. The normalized spacial score (nSPS) is 24.6. The Morgan fingerprint density at radius 1 is 1.26 bits per heavy atom. The van der Waals surface area contributed by atoms with Crippen molar-refractivity contribution in [1.29, 1.82) is 0 Å². The van der Waals surface area contributed by atoms with Crippen molar-refractivity contribution < 1.29 is 36.9 Å². The highest BCUT2D eigenvalue weighted by atomic mass is 32.2. The lowest BCUT2D eigenvalue weighted by molar-refractivity contribution is -0.156. The van der Waals surface area contributed by atoms with Gasteiger partial charge in [-0.15, -0.1) is 0 Å². The molecule has 2 N–H and O–H groups in total. The average molecular weight is 451 g/mol. The largest absolute Gasteiger partial charge is 0.487 e. The number of hydrogen-bond acceptors (Lipinski definition) is 7. The first kappa shape index (κ1) is 21.5. The van der Waals surface area contributed by atoms with Crippen molar-refractivity contribution in [1.82, 2.24) is 0 Å². The SMILES string of the molecule is COC(=O)C[C@@H]1C[C@H]2c3cc(NS(=O)(=O)c4ccc(F)cc4)ccc3O[C@H]2[C@@H](CO)O1. The summed E-state index contributed by atoms with van der Waals surface area (Å²) in [7, 11) is -2.61. The fraction of sp³-hybridized carbons (Fsp3) is 0.381. The van der Waals surface area contributed by atoms with Crippen molar-refractivity contribution in [2.75, 3.05) is 18.4 Å². The Kier molecular flexibility index (Phi) is 5.87. The summed E-state index contributed by atoms with van der Waals surface area (Å²) in [5.41, 5.74) is 1.09. The van der Waals surface area contributed by atoms with E-state index in [0.717, 1.165) is 17.7 Å². The topological polar surface area (TPSA) is 111 Å². The molecule has 10 heteroatoms. The molecular weight excluding hydrogens is 429 g/mol. The van der Waals surface area contributed by atoms with Crippen LogP contribution in [0.25, 0.3) is 0 Å². The number of carbonyl (C=O) groups excluding carboxylic acids is 1. The summed E-state index contributed by atoms with van der Waals surface area (Å²) in [4.78, 5) is 11.6. The van der Waals surface area contributed by atoms with Gasteiger partial charge in [0.1, 0.15) is 23.8 Å². The van der Waals surface area contributed by atoms with Gasteiger partial charge >= 0.3 is 5.97 Å². The lowest BCUT2D eigenvalue weighted by Gasteiger charge is -2.36. The minimum Gasteiger partial charge on any atom is -0.487 e. The van der Waals surface area contributed by atoms with Crippen LogP contribution >= 0.6 is 0 Å². The minimum absolute atomic E-state index is 0.0441. The van der Waals surface area contributed by atoms with Crippen molar-refractivity contribution in [2.45, 2.75) is 42.0 Å². The third-order valence-corrected chi connectivity index (χ3v) is 6.89. The number of fused-ring (bicyclic) bond motifs is 3. The molecule has 4 rings (SSSR count). The molecule has 166 valence electrons. The molecule has 0 unspecified atom stereocenters. The van der Waals surface area contributed by atoms with E-state index in [1.807, 2.05) is 0 Å². The summed E-state index contributed by atoms with van der Waals surface area (Å²) < 4.78 is 57.4. The van der Waals surface area contributed by atoms with E-state index in [0.29, 0.717) is 17.9 Å². The Labute approximate surface area is 179 Å². The van der Waals surface area contributed by atoms with Gasteiger partial charge in [-0.3, -0.25) is 9.52 Å². The molecule has 1 saturated heterocycles. The Balaban J connectivity index is 1.58. The first-order chi connectivity index (χ1) is 14.8. The fourth-order valence-corrected chi connectivity index (χ4v) is 5.10. The molecule has 0 spiro atoms. The van der Waals surface area contributed by atoms with Crippen LogP contribution in [0.15, 0.2) is 47.4 Å². The molecule has 0 aliphatic carbocycles. The monoisotopic (exact) mass is 451 g/mol. The van der Waals surface area contributed by atoms with Gasteiger partial charge in [-0.05, 0) is 48.9 Å². The number of methoxy groups -OCH3 is 1. The zero-order chi connectivity index (χ0) is 22.2. The van der Waals surface area contributed by atoms with Gasteiger partial charge in [0.25, 0.3) is 10.0 Å². The quantitative estimate of drug-likeness (QED) is 0.648. The standard InChI is InChI=1S/C21H22FNO7S/c1-28-20(25)10-14-9-17-16-8-13(4-7-18(16)30-21(17)19(11-24)29-14)23-31(26,27)15-5-2-12(22)3-6-15/h2-8,14,17,19,21,23-24H,9-11H2,1H3/t14-,17-,19+,21+/m0/s1. The van der Waals surface area contributed by atoms with Crippen LogP contribution in [0.4, 0.5) is 10.1 Å². The predicted molar refractivity (Wildman–Crippen MR) is 108 cm³/mol. The van der Waals surface area contributed by atoms with Crippen LogP contribution in [0.1, 0.15) is 24.3 Å². The molecule has 31 heavy (non-hydrogen) atoms. The van der Waals surface area contributed by atoms with Crippen LogP contribution in [0.2, 0.25) is 0 Å². The van der Waals surface area contributed by atoms with Crippen molar-refractivity contribution in [3.05, 3.63) is 53.8 Å². The van der Waals surface area contributed by atoms with Crippen LogP contribution in [0, 0.1) is 5.82 Å². The molecule has 4 atom stereocenters. The Morgan fingerprint density at radius 3 is 2.68 bits per heavy atom. The molecule has 2 aromatic carbocycles. The second-order valence-electron chi connectivity index (χ2n) is 7.50. The van der Waals surface area contributed by atoms with E-state index in [2.05, 4.69) is 4.72 Å². The van der Waals surface area contributed by atoms with Gasteiger partial charge < -0.3 is 19.3 Å². The molecule has 0 aromatic heterocycles. The van der Waals surface area contributed by atoms with Crippen LogP contribution in [-0.4, -0.2) is 51.5 Å². The number of nitrogens with one attached hydrogen (secondary N) is 1. The second-order valence-corrected chi connectivity index (χ2v) is 9.18. The summed E-state index contributed by atoms with van der Waals surface area (Å²) in [6, 6.07) is 9.42. The molecule has 2 aliphatic rings. The number of aliphatic hydroxyl groups is 1. The molecule has 0 bridgehead atoms. The highest BCUT2D eigenvalue weighted by molar-refractivity contribution is 7.92. The van der Waals surface area contributed by atoms with E-state index in [-0.39, 0.29) is 23.8 Å². The molecule has 2 heterocycles. The zero-order valence-corrected chi connectivity index (χ0v) is 17.5. The number of aliphatic hydroxyl groups excluding tert-OH is 1. The Hall–Kier alpha value is -2.69. The zero-order valence-electron chi connectivity index (χ0n) is 16.7. The number of rotatable bonds is 6. The van der Waals surface area contributed by atoms with Crippen molar-refractivity contribution >= 4 is 21.7 Å². The van der Waals surface area contributed by atoms with E-state index in [1.54, 1.807) is 18.2 Å². The van der Waals surface area contributed by atoms with Gasteiger partial charge in [0.15, 0.2) is 0 Å². The van der Waals surface area contributed by atoms with E-state index in [1.165, 1.54) is 19.2 Å². The minimum atomic E-state index is -3.91. The molecular formula is C21H22FNO7S. The highest BCUT2D eigenvalue weighted by Crippen LogP contribution is 2.47. The molecule has 1 fully saturated rings. The number of esters is 1. The first-order valence-corrected chi connectivity index (χ1v) is 11.2. The first-order valence-electron chi connectivity index (χ1n) is 9.73. The van der Waals surface area contributed by atoms with Gasteiger partial charge in [0.05, 0.1) is 31.1 Å². The third kappa shape index (κ3) is 4.36. The number of ether oxygens (including phenoxy) is 3. The van der Waals surface area contributed by atoms with Crippen LogP contribution in [0.5, 0.6) is 5.75 Å². The van der Waals surface area contributed by atoms with Gasteiger partial charge in [0.2, 0.25) is 0 Å². The van der Waals surface area contributed by atoms with E-state index < -0.39 is 40.1 Å². The maximum Gasteiger partial charge on any atom is 0.308 e. The van der Waals surface area contributed by atoms with Gasteiger partial charge in [0, 0.05) is 17.2 Å². The molecule has 2 aromatic rings. The molecule has 8 nitrogen and oxygen atoms in total. The number of halogens is 1. The number of benzene rings is 2. The maximum absolute atomic E-state index is 13.1. The van der Waals surface area contributed by atoms with Gasteiger partial charge in [-0.1, -0.05) is 0 Å². The molecule has 0 radical (unpaired) electrons. The van der Waals surface area contributed by atoms with E-state index in [4.69, 9.17) is 14.2 Å². The summed E-state index contributed by atoms with van der Waals surface area (Å²) in [5, 5.41) is 9.74. The average Bonchev–Trinajstić information content (AvgIpc) is 3.11. The van der Waals surface area contributed by atoms with E-state index in [9.17, 15) is 22.7 Å². The van der Waals surface area contributed by atoms with E-state index >= 15 is 0 Å². The maximum atomic E-state index is 13.1.